The first-order valence-corrected chi connectivity index (χ1v) is 3.36. The molecule has 0 fully saturated rings. The van der Waals surface area contributed by atoms with Crippen LogP contribution in [0.2, 0.25) is 0 Å². The van der Waals surface area contributed by atoms with Gasteiger partial charge in [-0.2, -0.15) is 0 Å². The van der Waals surface area contributed by atoms with E-state index in [4.69, 9.17) is 21.9 Å². The van der Waals surface area contributed by atoms with Crippen molar-refractivity contribution in [3.63, 3.8) is 0 Å². The molecule has 0 aliphatic heterocycles. The Hall–Kier alpha value is -0.440. The molecule has 0 amide bonds. The first kappa shape index (κ1) is 9.56. The van der Waals surface area contributed by atoms with Gasteiger partial charge in [0.1, 0.15) is 6.07 Å². The van der Waals surface area contributed by atoms with Crippen molar-refractivity contribution in [1.82, 2.24) is 0 Å². The fourth-order valence-corrected chi connectivity index (χ4v) is 0.691. The summed E-state index contributed by atoms with van der Waals surface area (Å²) in [6.07, 6.45) is 0. The van der Waals surface area contributed by atoms with Crippen molar-refractivity contribution < 1.29 is 4.74 Å². The van der Waals surface area contributed by atoms with E-state index in [0.717, 1.165) is 0 Å². The molecule has 0 heterocycles. The Labute approximate surface area is 64.7 Å². The molecule has 0 N–H and O–H groups in total. The van der Waals surface area contributed by atoms with Gasteiger partial charge in [-0.25, -0.2) is 0 Å². The molecule has 0 bridgehead atoms. The minimum absolute atomic E-state index is 0.119. The van der Waals surface area contributed by atoms with Gasteiger partial charge in [-0.15, -0.1) is 0 Å². The van der Waals surface area contributed by atoms with Gasteiger partial charge in [-0.1, -0.05) is 16.7 Å². The molecule has 0 aromatic rings. The molecule has 0 aromatic carbocycles. The van der Waals surface area contributed by atoms with Crippen LogP contribution in [-0.2, 0) is 4.74 Å². The van der Waals surface area contributed by atoms with E-state index in [1.807, 2.05) is 13.8 Å². The number of alkyl halides is 1. The monoisotopic (exact) mass is 163 g/mol. The Bertz CT molecular complexity index is 142. The molecular formula is C5H10ClN3O. The van der Waals surface area contributed by atoms with E-state index in [1.165, 1.54) is 0 Å². The highest BCUT2D eigenvalue weighted by Crippen LogP contribution is 2.09. The predicted octanol–water partition coefficient (Wildman–Crippen LogP) is 2.29. The van der Waals surface area contributed by atoms with Gasteiger partial charge in [-0.3, -0.25) is 0 Å². The van der Waals surface area contributed by atoms with E-state index < -0.39 is 5.60 Å². The summed E-state index contributed by atoms with van der Waals surface area (Å²) in [6, 6.07) is 0.119. The number of ether oxygens (including phenoxy) is 1. The summed E-state index contributed by atoms with van der Waals surface area (Å²) in [7, 11) is 0. The Balaban J connectivity index is 3.73. The third-order valence-corrected chi connectivity index (χ3v) is 1.07. The second kappa shape index (κ2) is 4.39. The van der Waals surface area contributed by atoms with Crippen LogP contribution >= 0.6 is 11.6 Å². The van der Waals surface area contributed by atoms with Crippen LogP contribution in [0.3, 0.4) is 0 Å². The molecule has 0 atom stereocenters. The lowest BCUT2D eigenvalue weighted by molar-refractivity contribution is 0.0177. The molecule has 0 aliphatic carbocycles. The maximum absolute atomic E-state index is 7.97. The van der Waals surface area contributed by atoms with Crippen molar-refractivity contribution in [3.05, 3.63) is 10.4 Å². The second-order valence-electron chi connectivity index (χ2n) is 2.40. The maximum Gasteiger partial charge on any atom is 0.121 e. The molecule has 0 aromatic heterocycles. The lowest BCUT2D eigenvalue weighted by Crippen LogP contribution is -2.27. The van der Waals surface area contributed by atoms with Gasteiger partial charge in [0.05, 0.1) is 12.1 Å². The third kappa shape index (κ3) is 4.44. The average molecular weight is 164 g/mol. The highest BCUT2D eigenvalue weighted by atomic mass is 35.5. The fourth-order valence-electron chi connectivity index (χ4n) is 0.395. The van der Waals surface area contributed by atoms with Crippen LogP contribution in [0.25, 0.3) is 10.4 Å². The fraction of sp³-hybridized carbons (Fsp3) is 1.00. The summed E-state index contributed by atoms with van der Waals surface area (Å²) in [6.45, 7) is 3.92. The summed E-state index contributed by atoms with van der Waals surface area (Å²) in [5.41, 5.74) is 7.52. The number of hydrogen-bond donors (Lipinski definition) is 0. The van der Waals surface area contributed by atoms with Gasteiger partial charge in [0.15, 0.2) is 0 Å². The minimum atomic E-state index is -0.450. The number of rotatable bonds is 4. The quantitative estimate of drug-likeness (QED) is 0.272. The first-order chi connectivity index (χ1) is 4.62. The van der Waals surface area contributed by atoms with Crippen molar-refractivity contribution in [2.45, 2.75) is 19.4 Å². The maximum atomic E-state index is 7.97. The Morgan fingerprint density at radius 3 is 2.70 bits per heavy atom. The smallest absolute Gasteiger partial charge is 0.121 e. The standard InChI is InChI=1S/C5H10ClN3O/c1-5(2,10-4-6)3-8-9-7/h3-4H2,1-2H3. The molecule has 0 rings (SSSR count). The highest BCUT2D eigenvalue weighted by molar-refractivity contribution is 6.17. The van der Waals surface area contributed by atoms with Crippen LogP contribution in [0, 0.1) is 0 Å². The Kier molecular flexibility index (Phi) is 4.19. The van der Waals surface area contributed by atoms with Crippen LogP contribution in [0.4, 0.5) is 0 Å². The number of nitrogens with zero attached hydrogens (tertiary/aromatic N) is 3. The van der Waals surface area contributed by atoms with Gasteiger partial charge in [0, 0.05) is 4.91 Å². The average Bonchev–Trinajstić information content (AvgIpc) is 1.84. The van der Waals surface area contributed by atoms with Gasteiger partial charge in [0.2, 0.25) is 0 Å². The van der Waals surface area contributed by atoms with Crippen LogP contribution in [0.5, 0.6) is 0 Å². The van der Waals surface area contributed by atoms with Crippen LogP contribution in [0.15, 0.2) is 5.11 Å². The van der Waals surface area contributed by atoms with Gasteiger partial charge in [-0.05, 0) is 19.4 Å². The number of azide groups is 1. The van der Waals surface area contributed by atoms with Crippen molar-refractivity contribution in [2.24, 2.45) is 5.11 Å². The van der Waals surface area contributed by atoms with Crippen molar-refractivity contribution in [1.29, 1.82) is 0 Å². The summed E-state index contributed by atoms with van der Waals surface area (Å²) < 4.78 is 5.03. The molecule has 0 unspecified atom stereocenters. The van der Waals surface area contributed by atoms with Gasteiger partial charge in [0.25, 0.3) is 0 Å². The lowest BCUT2D eigenvalue weighted by Gasteiger charge is -2.20. The molecule has 5 heteroatoms. The normalized spacial score (nSPS) is 10.7. The molecule has 0 saturated heterocycles. The van der Waals surface area contributed by atoms with Crippen molar-refractivity contribution in [2.75, 3.05) is 12.6 Å². The summed E-state index contributed by atoms with van der Waals surface area (Å²) in [4.78, 5) is 2.61. The topological polar surface area (TPSA) is 58.0 Å². The zero-order valence-corrected chi connectivity index (χ0v) is 6.80. The second-order valence-corrected chi connectivity index (χ2v) is 2.62. The molecule has 0 spiro atoms. The minimum Gasteiger partial charge on any atom is -0.360 e. The molecule has 0 saturated carbocycles. The number of halogens is 1. The molecule has 4 nitrogen and oxygen atoms in total. The zero-order chi connectivity index (χ0) is 8.04. The van der Waals surface area contributed by atoms with E-state index >= 15 is 0 Å². The van der Waals surface area contributed by atoms with Crippen LogP contribution in [0.1, 0.15) is 13.8 Å². The Morgan fingerprint density at radius 1 is 1.70 bits per heavy atom. The van der Waals surface area contributed by atoms with E-state index in [9.17, 15) is 0 Å². The first-order valence-electron chi connectivity index (χ1n) is 2.83. The summed E-state index contributed by atoms with van der Waals surface area (Å²) in [5, 5.41) is 3.36. The van der Waals surface area contributed by atoms with Gasteiger partial charge >= 0.3 is 0 Å². The van der Waals surface area contributed by atoms with E-state index in [-0.39, 0.29) is 6.07 Å². The summed E-state index contributed by atoms with van der Waals surface area (Å²) >= 11 is 5.31. The van der Waals surface area contributed by atoms with E-state index in [0.29, 0.717) is 6.54 Å². The van der Waals surface area contributed by atoms with Crippen molar-refractivity contribution in [3.8, 4) is 0 Å². The summed E-state index contributed by atoms with van der Waals surface area (Å²) in [5.74, 6) is 0. The zero-order valence-electron chi connectivity index (χ0n) is 6.04. The highest BCUT2D eigenvalue weighted by Gasteiger charge is 2.15. The van der Waals surface area contributed by atoms with Crippen LogP contribution < -0.4 is 0 Å². The van der Waals surface area contributed by atoms with Crippen molar-refractivity contribution >= 4 is 11.6 Å². The SMILES string of the molecule is CC(C)(CN=[N+]=[N-])OCCl. The van der Waals surface area contributed by atoms with E-state index in [2.05, 4.69) is 10.0 Å². The molecule has 10 heavy (non-hydrogen) atoms. The van der Waals surface area contributed by atoms with Crippen LogP contribution in [-0.4, -0.2) is 18.2 Å². The molecule has 0 aliphatic rings. The van der Waals surface area contributed by atoms with E-state index in [1.54, 1.807) is 0 Å². The third-order valence-electron chi connectivity index (χ3n) is 0.960. The lowest BCUT2D eigenvalue weighted by atomic mass is 10.1. The largest absolute Gasteiger partial charge is 0.360 e. The Morgan fingerprint density at radius 2 is 2.30 bits per heavy atom. The molecule has 0 radical (unpaired) electrons. The molecular weight excluding hydrogens is 154 g/mol. The predicted molar refractivity (Wildman–Crippen MR) is 39.9 cm³/mol. The molecule has 58 valence electrons. The number of hydrogen-bond acceptors (Lipinski definition) is 2. The van der Waals surface area contributed by atoms with Gasteiger partial charge < -0.3 is 4.74 Å².